The van der Waals surface area contributed by atoms with Crippen molar-refractivity contribution < 1.29 is 9.59 Å². The molecule has 0 atom stereocenters. The number of ketones is 2. The average molecular weight is 465 g/mol. The van der Waals surface area contributed by atoms with Gasteiger partial charge < -0.3 is 0 Å². The monoisotopic (exact) mass is 464 g/mol. The molecule has 0 N–H and O–H groups in total. The van der Waals surface area contributed by atoms with Gasteiger partial charge in [0, 0.05) is 22.3 Å². The largest absolute Gasteiger partial charge is 0.289 e. The highest BCUT2D eigenvalue weighted by Crippen LogP contribution is 2.11. The second-order valence-electron chi connectivity index (χ2n) is 7.12. The number of benzene rings is 4. The molecule has 2 nitrogen and oxygen atoms in total. The summed E-state index contributed by atoms with van der Waals surface area (Å²) in [5, 5.41) is 0. The standard InChI is InChI=1S/2C14H12O.2ClH/c2*1-11-7-9-13(10-8-11)14(15)12-5-3-2-4-6-12;;/h2*2-10H,1H3;2*1H. The SMILES string of the molecule is Cc1ccc(C(=O)c2ccccc2)cc1.Cc1ccc(C(=O)c2ccccc2)cc1.Cl.Cl. The van der Waals surface area contributed by atoms with E-state index in [0.717, 1.165) is 22.3 Å². The number of hydrogen-bond acceptors (Lipinski definition) is 2. The average Bonchev–Trinajstić information content (AvgIpc) is 2.81. The number of halogens is 2. The van der Waals surface area contributed by atoms with E-state index in [1.165, 1.54) is 11.1 Å². The van der Waals surface area contributed by atoms with Crippen LogP contribution in [0.5, 0.6) is 0 Å². The Hall–Kier alpha value is -3.20. The highest BCUT2D eigenvalue weighted by Gasteiger charge is 2.07. The molecule has 0 saturated heterocycles. The molecule has 0 bridgehead atoms. The topological polar surface area (TPSA) is 34.1 Å². The fourth-order valence-electron chi connectivity index (χ4n) is 2.92. The first-order valence-corrected chi connectivity index (χ1v) is 9.87. The highest BCUT2D eigenvalue weighted by atomic mass is 35.5. The minimum atomic E-state index is 0. The Kier molecular flexibility index (Phi) is 11.1. The summed E-state index contributed by atoms with van der Waals surface area (Å²) in [5.41, 5.74) is 5.29. The molecule has 4 rings (SSSR count). The summed E-state index contributed by atoms with van der Waals surface area (Å²) < 4.78 is 0. The Morgan fingerprint density at radius 3 is 0.938 bits per heavy atom. The lowest BCUT2D eigenvalue weighted by Crippen LogP contribution is -2.00. The number of aryl methyl sites for hydroxylation is 2. The van der Waals surface area contributed by atoms with E-state index in [-0.39, 0.29) is 36.4 Å². The van der Waals surface area contributed by atoms with Gasteiger partial charge >= 0.3 is 0 Å². The van der Waals surface area contributed by atoms with Gasteiger partial charge in [-0.25, -0.2) is 0 Å². The summed E-state index contributed by atoms with van der Waals surface area (Å²) in [6.45, 7) is 4.02. The van der Waals surface area contributed by atoms with Crippen LogP contribution in [0.1, 0.15) is 43.0 Å². The van der Waals surface area contributed by atoms with Crippen LogP contribution in [0.15, 0.2) is 109 Å². The molecule has 0 aromatic heterocycles. The molecule has 0 radical (unpaired) electrons. The summed E-state index contributed by atoms with van der Waals surface area (Å²) in [4.78, 5) is 23.9. The van der Waals surface area contributed by atoms with Crippen LogP contribution in [0.4, 0.5) is 0 Å². The third kappa shape index (κ3) is 7.49. The summed E-state index contributed by atoms with van der Waals surface area (Å²) in [7, 11) is 0. The predicted octanol–water partition coefficient (Wildman–Crippen LogP) is 7.30. The van der Waals surface area contributed by atoms with Gasteiger partial charge in [0.1, 0.15) is 0 Å². The van der Waals surface area contributed by atoms with Gasteiger partial charge in [-0.15, -0.1) is 24.8 Å². The molecule has 4 heteroatoms. The van der Waals surface area contributed by atoms with E-state index in [0.29, 0.717) is 0 Å². The van der Waals surface area contributed by atoms with Crippen molar-refractivity contribution in [2.24, 2.45) is 0 Å². The maximum absolute atomic E-state index is 12.0. The van der Waals surface area contributed by atoms with Crippen LogP contribution < -0.4 is 0 Å². The van der Waals surface area contributed by atoms with Gasteiger partial charge in [-0.1, -0.05) is 120 Å². The molecular formula is C28H26Cl2O2. The summed E-state index contributed by atoms with van der Waals surface area (Å²) in [6, 6.07) is 33.9. The van der Waals surface area contributed by atoms with Crippen LogP contribution in [0.25, 0.3) is 0 Å². The molecule has 32 heavy (non-hydrogen) atoms. The predicted molar refractivity (Wildman–Crippen MR) is 137 cm³/mol. The number of carbonyl (C=O) groups is 2. The quantitative estimate of drug-likeness (QED) is 0.297. The van der Waals surface area contributed by atoms with Crippen molar-refractivity contribution in [3.63, 3.8) is 0 Å². The van der Waals surface area contributed by atoms with Crippen molar-refractivity contribution in [3.05, 3.63) is 143 Å². The summed E-state index contributed by atoms with van der Waals surface area (Å²) >= 11 is 0. The Labute approximate surface area is 202 Å². The molecule has 4 aromatic rings. The van der Waals surface area contributed by atoms with E-state index in [1.54, 1.807) is 0 Å². The lowest BCUT2D eigenvalue weighted by molar-refractivity contribution is 0.103. The van der Waals surface area contributed by atoms with E-state index in [2.05, 4.69) is 0 Å². The van der Waals surface area contributed by atoms with Crippen molar-refractivity contribution in [1.29, 1.82) is 0 Å². The number of rotatable bonds is 4. The van der Waals surface area contributed by atoms with Gasteiger partial charge in [0.15, 0.2) is 11.6 Å². The molecule has 0 fully saturated rings. The molecule has 0 amide bonds. The van der Waals surface area contributed by atoms with Crippen LogP contribution in [0.3, 0.4) is 0 Å². The molecule has 0 saturated carbocycles. The molecule has 0 spiro atoms. The third-order valence-electron chi connectivity index (χ3n) is 4.70. The normalized spacial score (nSPS) is 9.31. The highest BCUT2D eigenvalue weighted by molar-refractivity contribution is 6.09. The summed E-state index contributed by atoms with van der Waals surface area (Å²) in [6.07, 6.45) is 0. The molecule has 0 aliphatic heterocycles. The first kappa shape index (κ1) is 26.8. The zero-order chi connectivity index (χ0) is 21.3. The maximum Gasteiger partial charge on any atom is 0.193 e. The molecule has 164 valence electrons. The first-order valence-electron chi connectivity index (χ1n) is 9.87. The van der Waals surface area contributed by atoms with Crippen molar-refractivity contribution in [3.8, 4) is 0 Å². The van der Waals surface area contributed by atoms with Crippen molar-refractivity contribution >= 4 is 36.4 Å². The molecule has 0 heterocycles. The van der Waals surface area contributed by atoms with E-state index in [4.69, 9.17) is 0 Å². The second-order valence-corrected chi connectivity index (χ2v) is 7.12. The smallest absolute Gasteiger partial charge is 0.193 e. The third-order valence-corrected chi connectivity index (χ3v) is 4.70. The molecule has 0 aliphatic carbocycles. The van der Waals surface area contributed by atoms with Gasteiger partial charge in [0.25, 0.3) is 0 Å². The van der Waals surface area contributed by atoms with Gasteiger partial charge in [-0.05, 0) is 13.8 Å². The molecular weight excluding hydrogens is 439 g/mol. The molecule has 0 unspecified atom stereocenters. The Morgan fingerprint density at radius 1 is 0.406 bits per heavy atom. The van der Waals surface area contributed by atoms with E-state index < -0.39 is 0 Å². The van der Waals surface area contributed by atoms with Gasteiger partial charge in [-0.3, -0.25) is 9.59 Å². The number of hydrogen-bond donors (Lipinski definition) is 0. The minimum Gasteiger partial charge on any atom is -0.289 e. The van der Waals surface area contributed by atoms with Crippen molar-refractivity contribution in [2.45, 2.75) is 13.8 Å². The first-order chi connectivity index (χ1) is 14.5. The van der Waals surface area contributed by atoms with E-state index >= 15 is 0 Å². The Bertz CT molecular complexity index is 1010. The summed E-state index contributed by atoms with van der Waals surface area (Å²) in [5.74, 6) is 0.159. The van der Waals surface area contributed by atoms with E-state index in [9.17, 15) is 9.59 Å². The van der Waals surface area contributed by atoms with E-state index in [1.807, 2.05) is 123 Å². The van der Waals surface area contributed by atoms with Crippen LogP contribution in [-0.4, -0.2) is 11.6 Å². The maximum atomic E-state index is 12.0. The van der Waals surface area contributed by atoms with Crippen molar-refractivity contribution in [2.75, 3.05) is 0 Å². The second kappa shape index (κ2) is 13.3. The van der Waals surface area contributed by atoms with Crippen LogP contribution in [0.2, 0.25) is 0 Å². The lowest BCUT2D eigenvalue weighted by atomic mass is 10.0. The Balaban J connectivity index is 0.000000301. The van der Waals surface area contributed by atoms with Gasteiger partial charge in [0.2, 0.25) is 0 Å². The Morgan fingerprint density at radius 2 is 0.656 bits per heavy atom. The molecule has 0 aliphatic rings. The molecule has 4 aromatic carbocycles. The minimum absolute atomic E-state index is 0. The van der Waals surface area contributed by atoms with Crippen LogP contribution in [0, 0.1) is 13.8 Å². The lowest BCUT2D eigenvalue weighted by Gasteiger charge is -2.00. The number of carbonyl (C=O) groups excluding carboxylic acids is 2. The van der Waals surface area contributed by atoms with Crippen LogP contribution in [-0.2, 0) is 0 Å². The van der Waals surface area contributed by atoms with Crippen LogP contribution >= 0.6 is 24.8 Å². The zero-order valence-electron chi connectivity index (χ0n) is 18.0. The van der Waals surface area contributed by atoms with Gasteiger partial charge in [0.05, 0.1) is 0 Å². The fraction of sp³-hybridized carbons (Fsp3) is 0.0714. The fourth-order valence-corrected chi connectivity index (χ4v) is 2.92. The van der Waals surface area contributed by atoms with Crippen molar-refractivity contribution in [1.82, 2.24) is 0 Å². The zero-order valence-corrected chi connectivity index (χ0v) is 19.7. The van der Waals surface area contributed by atoms with Gasteiger partial charge in [-0.2, -0.15) is 0 Å².